The average molecular weight is 455 g/mol. The van der Waals surface area contributed by atoms with Gasteiger partial charge in [-0.1, -0.05) is 55.5 Å². The van der Waals surface area contributed by atoms with E-state index in [-0.39, 0.29) is 25.0 Å². The van der Waals surface area contributed by atoms with Gasteiger partial charge in [0.2, 0.25) is 5.91 Å². The molecule has 33 heavy (non-hydrogen) atoms. The van der Waals surface area contributed by atoms with Gasteiger partial charge in [0.1, 0.15) is 6.61 Å². The third-order valence-electron chi connectivity index (χ3n) is 6.08. The van der Waals surface area contributed by atoms with Crippen LogP contribution in [0.1, 0.15) is 50.2 Å². The number of nitrogens with one attached hydrogen (secondary N) is 2. The number of carboxylic acid groups (broad SMARTS) is 1. The number of hydrogen-bond acceptors (Lipinski definition) is 5. The first-order valence-corrected chi connectivity index (χ1v) is 11.1. The zero-order valence-electron chi connectivity index (χ0n) is 18.8. The summed E-state index contributed by atoms with van der Waals surface area (Å²) < 4.78 is 5.55. The predicted octanol–water partition coefficient (Wildman–Crippen LogP) is 3.04. The van der Waals surface area contributed by atoms with Crippen LogP contribution in [0.3, 0.4) is 0 Å². The van der Waals surface area contributed by atoms with Crippen molar-refractivity contribution in [3.63, 3.8) is 0 Å². The van der Waals surface area contributed by atoms with Crippen LogP contribution in [0, 0.1) is 0 Å². The fraction of sp³-hybridized carbons (Fsp3) is 0.400. The molecule has 2 aromatic carbocycles. The standard InChI is InChI=1S/C25H30N2O6/c1-3-16(12-13-22(29)27-25(2,15-28)23(30)31)26-24(32)33-14-21-19-10-6-4-8-17(19)18-9-5-7-11-20(18)21/h4-11,16,21,28H,3,12-15H2,1-2H3,(H,26,32)(H,27,29)(H,30,31). The molecule has 1 aliphatic carbocycles. The van der Waals surface area contributed by atoms with Crippen LogP contribution < -0.4 is 10.6 Å². The minimum absolute atomic E-state index is 0.00499. The van der Waals surface area contributed by atoms with Crippen molar-refractivity contribution >= 4 is 18.0 Å². The number of aliphatic carboxylic acids is 1. The van der Waals surface area contributed by atoms with Crippen molar-refractivity contribution < 1.29 is 29.3 Å². The number of carbonyl (C=O) groups is 3. The van der Waals surface area contributed by atoms with Gasteiger partial charge in [0.05, 0.1) is 6.61 Å². The van der Waals surface area contributed by atoms with Crippen molar-refractivity contribution in [2.45, 2.75) is 50.6 Å². The van der Waals surface area contributed by atoms with Gasteiger partial charge < -0.3 is 25.6 Å². The molecule has 0 heterocycles. The van der Waals surface area contributed by atoms with Gasteiger partial charge >= 0.3 is 12.1 Å². The molecule has 2 amide bonds. The Morgan fingerprint density at radius 3 is 2.15 bits per heavy atom. The second-order valence-corrected chi connectivity index (χ2v) is 8.46. The molecule has 0 saturated heterocycles. The number of hydrogen-bond donors (Lipinski definition) is 4. The van der Waals surface area contributed by atoms with Crippen LogP contribution in [0.2, 0.25) is 0 Å². The monoisotopic (exact) mass is 454 g/mol. The van der Waals surface area contributed by atoms with Crippen molar-refractivity contribution in [2.75, 3.05) is 13.2 Å². The van der Waals surface area contributed by atoms with E-state index in [0.29, 0.717) is 12.8 Å². The minimum atomic E-state index is -1.74. The number of carbonyl (C=O) groups excluding carboxylic acids is 2. The number of fused-ring (bicyclic) bond motifs is 3. The first-order valence-electron chi connectivity index (χ1n) is 11.1. The first-order chi connectivity index (χ1) is 15.8. The smallest absolute Gasteiger partial charge is 0.407 e. The number of rotatable bonds is 10. The van der Waals surface area contributed by atoms with Gasteiger partial charge in [-0.2, -0.15) is 0 Å². The van der Waals surface area contributed by atoms with Crippen molar-refractivity contribution in [3.05, 3.63) is 59.7 Å². The largest absolute Gasteiger partial charge is 0.479 e. The van der Waals surface area contributed by atoms with E-state index in [1.807, 2.05) is 43.3 Å². The Balaban J connectivity index is 1.53. The van der Waals surface area contributed by atoms with E-state index in [1.165, 1.54) is 6.92 Å². The molecule has 8 heteroatoms. The summed E-state index contributed by atoms with van der Waals surface area (Å²) >= 11 is 0. The van der Waals surface area contributed by atoms with E-state index in [2.05, 4.69) is 22.8 Å². The zero-order chi connectivity index (χ0) is 24.0. The van der Waals surface area contributed by atoms with E-state index in [0.717, 1.165) is 22.3 Å². The predicted molar refractivity (Wildman–Crippen MR) is 123 cm³/mol. The van der Waals surface area contributed by atoms with Gasteiger partial charge in [-0.05, 0) is 42.0 Å². The maximum atomic E-state index is 12.5. The zero-order valence-corrected chi connectivity index (χ0v) is 18.8. The van der Waals surface area contributed by atoms with E-state index < -0.39 is 30.1 Å². The summed E-state index contributed by atoms with van der Waals surface area (Å²) in [6, 6.07) is 15.9. The van der Waals surface area contributed by atoms with Crippen molar-refractivity contribution in [3.8, 4) is 11.1 Å². The highest BCUT2D eigenvalue weighted by Crippen LogP contribution is 2.44. The van der Waals surface area contributed by atoms with Crippen LogP contribution in [0.4, 0.5) is 4.79 Å². The molecular weight excluding hydrogens is 424 g/mol. The lowest BCUT2D eigenvalue weighted by molar-refractivity contribution is -0.148. The summed E-state index contributed by atoms with van der Waals surface area (Å²) in [5, 5.41) is 23.5. The SMILES string of the molecule is CCC(CCC(=O)NC(C)(CO)C(=O)O)NC(=O)OCC1c2ccccc2-c2ccccc21. The number of alkyl carbamates (subject to hydrolysis) is 1. The van der Waals surface area contributed by atoms with Crippen LogP contribution in [0.25, 0.3) is 11.1 Å². The molecule has 176 valence electrons. The molecule has 2 unspecified atom stereocenters. The van der Waals surface area contributed by atoms with Gasteiger partial charge in [-0.3, -0.25) is 4.79 Å². The average Bonchev–Trinajstić information content (AvgIpc) is 3.14. The number of carboxylic acids is 1. The van der Waals surface area contributed by atoms with E-state index in [4.69, 9.17) is 9.84 Å². The van der Waals surface area contributed by atoms with Gasteiger partial charge in [0.25, 0.3) is 0 Å². The highest BCUT2D eigenvalue weighted by atomic mass is 16.5. The Kier molecular flexibility index (Phi) is 7.71. The molecule has 1 aliphatic rings. The highest BCUT2D eigenvalue weighted by Gasteiger charge is 2.34. The number of aliphatic hydroxyl groups excluding tert-OH is 1. The molecule has 0 radical (unpaired) electrons. The number of benzene rings is 2. The maximum Gasteiger partial charge on any atom is 0.407 e. The van der Waals surface area contributed by atoms with Gasteiger partial charge in [0.15, 0.2) is 5.54 Å². The molecule has 8 nitrogen and oxygen atoms in total. The molecule has 0 spiro atoms. The van der Waals surface area contributed by atoms with Crippen LogP contribution >= 0.6 is 0 Å². The summed E-state index contributed by atoms with van der Waals surface area (Å²) in [6.07, 6.45) is 0.335. The van der Waals surface area contributed by atoms with Crippen molar-refractivity contribution in [1.29, 1.82) is 0 Å². The minimum Gasteiger partial charge on any atom is -0.479 e. The topological polar surface area (TPSA) is 125 Å². The molecule has 3 rings (SSSR count). The summed E-state index contributed by atoms with van der Waals surface area (Å²) in [6.45, 7) is 2.59. The van der Waals surface area contributed by atoms with Gasteiger partial charge in [-0.15, -0.1) is 0 Å². The maximum absolute atomic E-state index is 12.5. The Morgan fingerprint density at radius 2 is 1.64 bits per heavy atom. The molecular formula is C25H30N2O6. The van der Waals surface area contributed by atoms with Gasteiger partial charge in [0, 0.05) is 18.4 Å². The Labute approximate surface area is 193 Å². The van der Waals surface area contributed by atoms with Crippen molar-refractivity contribution in [2.24, 2.45) is 0 Å². The lowest BCUT2D eigenvalue weighted by atomic mass is 9.98. The van der Waals surface area contributed by atoms with E-state index in [1.54, 1.807) is 0 Å². The van der Waals surface area contributed by atoms with Crippen LogP contribution in [0.15, 0.2) is 48.5 Å². The highest BCUT2D eigenvalue weighted by molar-refractivity contribution is 5.86. The van der Waals surface area contributed by atoms with Crippen molar-refractivity contribution in [1.82, 2.24) is 10.6 Å². The fourth-order valence-electron chi connectivity index (χ4n) is 4.02. The first kappa shape index (κ1) is 24.3. The molecule has 2 atom stereocenters. The third-order valence-corrected chi connectivity index (χ3v) is 6.08. The normalized spacial score (nSPS) is 15.0. The second kappa shape index (κ2) is 10.5. The fourth-order valence-corrected chi connectivity index (χ4v) is 4.02. The Hall–Kier alpha value is -3.39. The molecule has 0 aromatic heterocycles. The van der Waals surface area contributed by atoms with Crippen LogP contribution in [-0.4, -0.2) is 53.0 Å². The molecule has 0 bridgehead atoms. The van der Waals surface area contributed by atoms with Gasteiger partial charge in [-0.25, -0.2) is 9.59 Å². The summed E-state index contributed by atoms with van der Waals surface area (Å²) in [7, 11) is 0. The summed E-state index contributed by atoms with van der Waals surface area (Å²) in [5.74, 6) is -1.87. The quantitative estimate of drug-likeness (QED) is 0.437. The Morgan fingerprint density at radius 1 is 1.06 bits per heavy atom. The number of ether oxygens (including phenoxy) is 1. The molecule has 0 saturated carbocycles. The summed E-state index contributed by atoms with van der Waals surface area (Å²) in [4.78, 5) is 35.8. The number of amides is 2. The Bertz CT molecular complexity index is 978. The van der Waals surface area contributed by atoms with Crippen LogP contribution in [-0.2, 0) is 14.3 Å². The molecule has 0 aliphatic heterocycles. The molecule has 0 fully saturated rings. The molecule has 4 N–H and O–H groups in total. The third kappa shape index (κ3) is 5.51. The molecule has 2 aromatic rings. The second-order valence-electron chi connectivity index (χ2n) is 8.46. The lowest BCUT2D eigenvalue weighted by Gasteiger charge is -2.24. The van der Waals surface area contributed by atoms with E-state index >= 15 is 0 Å². The van der Waals surface area contributed by atoms with Crippen LogP contribution in [0.5, 0.6) is 0 Å². The summed E-state index contributed by atoms with van der Waals surface area (Å²) in [5.41, 5.74) is 2.81. The number of aliphatic hydroxyl groups is 1. The lowest BCUT2D eigenvalue weighted by Crippen LogP contribution is -2.55. The van der Waals surface area contributed by atoms with E-state index in [9.17, 15) is 19.5 Å².